The number of sulfonamides is 1. The van der Waals surface area contributed by atoms with Gasteiger partial charge >= 0.3 is 0 Å². The van der Waals surface area contributed by atoms with E-state index in [0.717, 1.165) is 51.4 Å². The number of carbonyl (C=O) groups excluding carboxylic acids is 1. The third-order valence-corrected chi connectivity index (χ3v) is 8.45. The van der Waals surface area contributed by atoms with Crippen molar-refractivity contribution in [3.63, 3.8) is 0 Å². The van der Waals surface area contributed by atoms with Crippen LogP contribution in [0.25, 0.3) is 0 Å². The van der Waals surface area contributed by atoms with Crippen molar-refractivity contribution >= 4 is 15.9 Å². The van der Waals surface area contributed by atoms with Gasteiger partial charge in [0.1, 0.15) is 0 Å². The van der Waals surface area contributed by atoms with Crippen molar-refractivity contribution < 1.29 is 13.2 Å². The number of benzene rings is 1. The van der Waals surface area contributed by atoms with Crippen molar-refractivity contribution in [2.75, 3.05) is 14.1 Å². The second-order valence-electron chi connectivity index (χ2n) is 8.40. The molecule has 0 aliphatic heterocycles. The van der Waals surface area contributed by atoms with Gasteiger partial charge in [-0.1, -0.05) is 51.0 Å². The van der Waals surface area contributed by atoms with Gasteiger partial charge in [0.05, 0.1) is 4.90 Å². The van der Waals surface area contributed by atoms with Crippen molar-refractivity contribution in [2.45, 2.75) is 87.6 Å². The molecule has 2 fully saturated rings. The summed E-state index contributed by atoms with van der Waals surface area (Å²) >= 11 is 0. The Hall–Kier alpha value is -1.40. The molecule has 0 spiro atoms. The number of carbonyl (C=O) groups is 1. The number of hydrogen-bond acceptors (Lipinski definition) is 3. The summed E-state index contributed by atoms with van der Waals surface area (Å²) in [6, 6.07) is 6.90. The maximum Gasteiger partial charge on any atom is 0.253 e. The van der Waals surface area contributed by atoms with Crippen LogP contribution in [0.1, 0.15) is 81.0 Å². The molecule has 0 saturated heterocycles. The van der Waals surface area contributed by atoms with E-state index in [0.29, 0.717) is 5.56 Å². The molecule has 2 aliphatic carbocycles. The van der Waals surface area contributed by atoms with Gasteiger partial charge in [-0.2, -0.15) is 4.31 Å². The highest BCUT2D eigenvalue weighted by molar-refractivity contribution is 7.89. The van der Waals surface area contributed by atoms with Crippen LogP contribution >= 0.6 is 0 Å². The molecule has 28 heavy (non-hydrogen) atoms. The SMILES string of the molecule is CN(C(=O)c1cccc(S(=O)(=O)N(C)C2CCCCC2)c1)C1CCCCCC1. The number of hydrogen-bond donors (Lipinski definition) is 0. The molecule has 2 aliphatic rings. The summed E-state index contributed by atoms with van der Waals surface area (Å²) in [7, 11) is -0.0556. The molecular weight excluding hydrogens is 372 g/mol. The Labute approximate surface area is 170 Å². The third kappa shape index (κ3) is 4.77. The van der Waals surface area contributed by atoms with Crippen LogP contribution in [0.3, 0.4) is 0 Å². The Morgan fingerprint density at radius 3 is 2.00 bits per heavy atom. The number of amides is 1. The minimum atomic E-state index is -3.59. The normalized spacial score (nSPS) is 20.1. The minimum absolute atomic E-state index is 0.0618. The fourth-order valence-electron chi connectivity index (χ4n) is 4.61. The molecule has 1 aromatic rings. The maximum absolute atomic E-state index is 13.1. The zero-order valence-electron chi connectivity index (χ0n) is 17.3. The van der Waals surface area contributed by atoms with Crippen LogP contribution in [0.2, 0.25) is 0 Å². The van der Waals surface area contributed by atoms with E-state index in [1.165, 1.54) is 23.6 Å². The Kier molecular flexibility index (Phi) is 7.15. The fourth-order valence-corrected chi connectivity index (χ4v) is 6.07. The van der Waals surface area contributed by atoms with Crippen LogP contribution in [0, 0.1) is 0 Å². The summed E-state index contributed by atoms with van der Waals surface area (Å²) in [6.07, 6.45) is 12.0. The quantitative estimate of drug-likeness (QED) is 0.680. The summed E-state index contributed by atoms with van der Waals surface area (Å²) in [4.78, 5) is 15.1. The summed E-state index contributed by atoms with van der Waals surface area (Å²) in [5, 5.41) is 0. The summed E-state index contributed by atoms with van der Waals surface area (Å²) in [5.74, 6) is -0.0794. The molecule has 0 heterocycles. The van der Waals surface area contributed by atoms with Crippen molar-refractivity contribution in [3.05, 3.63) is 29.8 Å². The zero-order chi connectivity index (χ0) is 20.1. The predicted octanol–water partition coefficient (Wildman–Crippen LogP) is 4.43. The van der Waals surface area contributed by atoms with Crippen LogP contribution in [0.4, 0.5) is 0 Å². The molecule has 0 unspecified atom stereocenters. The van der Waals surface area contributed by atoms with Gasteiger partial charge in [-0.15, -0.1) is 0 Å². The monoisotopic (exact) mass is 406 g/mol. The molecular formula is C22H34N2O3S. The molecule has 1 amide bonds. The van der Waals surface area contributed by atoms with Gasteiger partial charge in [-0.05, 0) is 43.9 Å². The molecule has 1 aromatic carbocycles. The van der Waals surface area contributed by atoms with Gasteiger partial charge in [0.2, 0.25) is 10.0 Å². The van der Waals surface area contributed by atoms with Gasteiger partial charge in [-0.3, -0.25) is 4.79 Å². The molecule has 5 nitrogen and oxygen atoms in total. The van der Waals surface area contributed by atoms with Gasteiger partial charge in [0.25, 0.3) is 5.91 Å². The molecule has 0 aromatic heterocycles. The van der Waals surface area contributed by atoms with Gasteiger partial charge in [0, 0.05) is 31.7 Å². The molecule has 2 saturated carbocycles. The second kappa shape index (κ2) is 9.40. The average molecular weight is 407 g/mol. The standard InChI is InChI=1S/C22H34N2O3S/c1-23(19-12-6-3-4-7-13-19)22(25)18-11-10-16-21(17-18)28(26,27)24(2)20-14-8-5-9-15-20/h10-11,16-17,19-20H,3-9,12-15H2,1-2H3. The first-order chi connectivity index (χ1) is 13.4. The van der Waals surface area contributed by atoms with Gasteiger partial charge in [-0.25, -0.2) is 8.42 Å². The second-order valence-corrected chi connectivity index (χ2v) is 10.4. The van der Waals surface area contributed by atoms with E-state index in [1.54, 1.807) is 31.3 Å². The lowest BCUT2D eigenvalue weighted by Gasteiger charge is -2.30. The highest BCUT2D eigenvalue weighted by atomic mass is 32.2. The van der Waals surface area contributed by atoms with Crippen LogP contribution in [0.5, 0.6) is 0 Å². The lowest BCUT2D eigenvalue weighted by Crippen LogP contribution is -2.38. The largest absolute Gasteiger partial charge is 0.339 e. The van der Waals surface area contributed by atoms with Crippen LogP contribution in [0.15, 0.2) is 29.2 Å². The van der Waals surface area contributed by atoms with Crippen molar-refractivity contribution in [2.24, 2.45) is 0 Å². The Bertz CT molecular complexity index is 764. The molecule has 0 bridgehead atoms. The van der Waals surface area contributed by atoms with Gasteiger partial charge < -0.3 is 4.90 Å². The lowest BCUT2D eigenvalue weighted by molar-refractivity contribution is 0.0717. The van der Waals surface area contributed by atoms with E-state index in [-0.39, 0.29) is 22.9 Å². The zero-order valence-corrected chi connectivity index (χ0v) is 18.1. The summed E-state index contributed by atoms with van der Waals surface area (Å²) < 4.78 is 27.8. The first-order valence-electron chi connectivity index (χ1n) is 10.8. The first kappa shape index (κ1) is 21.3. The smallest absolute Gasteiger partial charge is 0.253 e. The van der Waals surface area contributed by atoms with Crippen LogP contribution in [-0.4, -0.2) is 49.7 Å². The Morgan fingerprint density at radius 1 is 0.857 bits per heavy atom. The molecule has 0 N–H and O–H groups in total. The van der Waals surface area contributed by atoms with Crippen LogP contribution < -0.4 is 0 Å². The number of nitrogens with zero attached hydrogens (tertiary/aromatic N) is 2. The Balaban J connectivity index is 1.77. The summed E-state index contributed by atoms with van der Waals surface area (Å²) in [6.45, 7) is 0. The first-order valence-corrected chi connectivity index (χ1v) is 12.2. The predicted molar refractivity (Wildman–Crippen MR) is 112 cm³/mol. The number of rotatable bonds is 5. The maximum atomic E-state index is 13.1. The van der Waals surface area contributed by atoms with Gasteiger partial charge in [0.15, 0.2) is 0 Å². The van der Waals surface area contributed by atoms with E-state index in [9.17, 15) is 13.2 Å². The average Bonchev–Trinajstić information content (AvgIpc) is 3.02. The van der Waals surface area contributed by atoms with Crippen molar-refractivity contribution in [1.82, 2.24) is 9.21 Å². The highest BCUT2D eigenvalue weighted by Crippen LogP contribution is 2.27. The highest BCUT2D eigenvalue weighted by Gasteiger charge is 2.30. The van der Waals surface area contributed by atoms with Crippen molar-refractivity contribution in [3.8, 4) is 0 Å². The minimum Gasteiger partial charge on any atom is -0.339 e. The van der Waals surface area contributed by atoms with Crippen molar-refractivity contribution in [1.29, 1.82) is 0 Å². The lowest BCUT2D eigenvalue weighted by atomic mass is 9.96. The van der Waals surface area contributed by atoms with E-state index >= 15 is 0 Å². The molecule has 3 rings (SSSR count). The Morgan fingerprint density at radius 2 is 1.39 bits per heavy atom. The molecule has 0 radical (unpaired) electrons. The van der Waals surface area contributed by atoms with Crippen LogP contribution in [-0.2, 0) is 10.0 Å². The topological polar surface area (TPSA) is 57.7 Å². The van der Waals surface area contributed by atoms with E-state index in [1.807, 2.05) is 11.9 Å². The third-order valence-electron chi connectivity index (χ3n) is 6.54. The molecule has 156 valence electrons. The molecule has 0 atom stereocenters. The van der Waals surface area contributed by atoms with E-state index in [2.05, 4.69) is 0 Å². The van der Waals surface area contributed by atoms with E-state index in [4.69, 9.17) is 0 Å². The molecule has 6 heteroatoms. The van der Waals surface area contributed by atoms with E-state index < -0.39 is 10.0 Å². The summed E-state index contributed by atoms with van der Waals surface area (Å²) in [5.41, 5.74) is 0.463. The fraction of sp³-hybridized carbons (Fsp3) is 0.682.